The Labute approximate surface area is 85.1 Å². The molecule has 0 saturated heterocycles. The van der Waals surface area contributed by atoms with Crippen LogP contribution in [-0.2, 0) is 0 Å². The average Bonchev–Trinajstić information content (AvgIpc) is 2.72. The Morgan fingerprint density at radius 1 is 1.07 bits per heavy atom. The molecule has 0 radical (unpaired) electrons. The number of hydrogen-bond acceptors (Lipinski definition) is 0. The Bertz CT molecular complexity index is 232. The van der Waals surface area contributed by atoms with Gasteiger partial charge >= 0.3 is 0 Å². The first kappa shape index (κ1) is 10.4. The second-order valence-electron chi connectivity index (χ2n) is 5.77. The van der Waals surface area contributed by atoms with Crippen LogP contribution >= 0.6 is 0 Å². The normalized spacial score (nSPS) is 44.6. The molecule has 0 bridgehead atoms. The van der Waals surface area contributed by atoms with Crippen LogP contribution < -0.4 is 0 Å². The van der Waals surface area contributed by atoms with Gasteiger partial charge in [0.05, 0.1) is 0 Å². The summed E-state index contributed by atoms with van der Waals surface area (Å²) in [5.74, 6) is -1.91. The Balaban J connectivity index is 2.25. The van der Waals surface area contributed by atoms with Crippen molar-refractivity contribution in [3.8, 4) is 0 Å². The second kappa shape index (κ2) is 2.93. The van der Waals surface area contributed by atoms with Gasteiger partial charge in [0.1, 0.15) is 0 Å². The fraction of sp³-hybridized carbons (Fsp3) is 1.00. The molecule has 0 heterocycles. The topological polar surface area (TPSA) is 0 Å². The molecule has 2 aliphatic rings. The van der Waals surface area contributed by atoms with Crippen molar-refractivity contribution < 1.29 is 8.78 Å². The van der Waals surface area contributed by atoms with Gasteiger partial charge in [-0.3, -0.25) is 0 Å². The minimum absolute atomic E-state index is 0.116. The van der Waals surface area contributed by atoms with E-state index in [1.54, 1.807) is 0 Å². The largest absolute Gasteiger partial charge is 0.254 e. The third-order valence-corrected chi connectivity index (χ3v) is 4.18. The standard InChI is InChI=1S/C12H20F2/c1-6(2)10-8-5-9(8)12(13,14)11(10)7(3)4/h6-11H,5H2,1-4H3. The van der Waals surface area contributed by atoms with Crippen LogP contribution in [0.4, 0.5) is 8.78 Å². The molecule has 2 fully saturated rings. The SMILES string of the molecule is CC(C)C1C2CC2C(F)(F)C1C(C)C. The van der Waals surface area contributed by atoms with E-state index in [1.165, 1.54) is 0 Å². The van der Waals surface area contributed by atoms with Gasteiger partial charge in [0.15, 0.2) is 0 Å². The van der Waals surface area contributed by atoms with Gasteiger partial charge in [0.2, 0.25) is 0 Å². The Morgan fingerprint density at radius 2 is 1.64 bits per heavy atom. The Morgan fingerprint density at radius 3 is 2.00 bits per heavy atom. The van der Waals surface area contributed by atoms with Crippen LogP contribution in [0.25, 0.3) is 0 Å². The highest BCUT2D eigenvalue weighted by Crippen LogP contribution is 2.68. The van der Waals surface area contributed by atoms with Crippen molar-refractivity contribution in [2.24, 2.45) is 35.5 Å². The van der Waals surface area contributed by atoms with Crippen LogP contribution in [0, 0.1) is 35.5 Å². The van der Waals surface area contributed by atoms with Gasteiger partial charge in [0.25, 0.3) is 5.92 Å². The first-order valence-corrected chi connectivity index (χ1v) is 5.75. The quantitative estimate of drug-likeness (QED) is 0.638. The zero-order valence-electron chi connectivity index (χ0n) is 9.43. The van der Waals surface area contributed by atoms with Gasteiger partial charge in [-0.15, -0.1) is 0 Å². The van der Waals surface area contributed by atoms with Crippen molar-refractivity contribution >= 4 is 0 Å². The van der Waals surface area contributed by atoms with E-state index < -0.39 is 5.92 Å². The highest BCUT2D eigenvalue weighted by molar-refractivity contribution is 5.12. The number of halogens is 2. The maximum atomic E-state index is 13.9. The highest BCUT2D eigenvalue weighted by Gasteiger charge is 2.70. The fourth-order valence-corrected chi connectivity index (χ4v) is 3.65. The van der Waals surface area contributed by atoms with Crippen LogP contribution in [-0.4, -0.2) is 5.92 Å². The van der Waals surface area contributed by atoms with Crippen LogP contribution in [0.1, 0.15) is 34.1 Å². The van der Waals surface area contributed by atoms with Gasteiger partial charge < -0.3 is 0 Å². The zero-order chi connectivity index (χ0) is 10.7. The zero-order valence-corrected chi connectivity index (χ0v) is 9.43. The highest BCUT2D eigenvalue weighted by atomic mass is 19.3. The molecule has 0 aliphatic heterocycles. The van der Waals surface area contributed by atoms with Gasteiger partial charge in [-0.05, 0) is 30.1 Å². The molecule has 4 unspecified atom stereocenters. The Kier molecular flexibility index (Phi) is 2.17. The smallest absolute Gasteiger partial charge is 0.206 e. The summed E-state index contributed by atoms with van der Waals surface area (Å²) in [4.78, 5) is 0. The molecule has 0 nitrogen and oxygen atoms in total. The maximum Gasteiger partial charge on any atom is 0.254 e. The predicted molar refractivity (Wildman–Crippen MR) is 53.2 cm³/mol. The average molecular weight is 202 g/mol. The minimum Gasteiger partial charge on any atom is -0.206 e. The first-order valence-electron chi connectivity index (χ1n) is 5.75. The number of rotatable bonds is 2. The summed E-state index contributed by atoms with van der Waals surface area (Å²) in [6, 6.07) is 0. The molecule has 0 aromatic heterocycles. The second-order valence-corrected chi connectivity index (χ2v) is 5.77. The lowest BCUT2D eigenvalue weighted by Gasteiger charge is -2.33. The van der Waals surface area contributed by atoms with Crippen molar-refractivity contribution in [2.45, 2.75) is 40.0 Å². The van der Waals surface area contributed by atoms with E-state index in [-0.39, 0.29) is 23.7 Å². The molecule has 2 aliphatic carbocycles. The van der Waals surface area contributed by atoms with Gasteiger partial charge in [-0.2, -0.15) is 0 Å². The summed E-state index contributed by atoms with van der Waals surface area (Å²) in [5.41, 5.74) is 0. The van der Waals surface area contributed by atoms with Gasteiger partial charge in [0, 0.05) is 11.8 Å². The van der Waals surface area contributed by atoms with E-state index in [1.807, 2.05) is 13.8 Å². The van der Waals surface area contributed by atoms with Gasteiger partial charge in [-0.25, -0.2) is 8.78 Å². The summed E-state index contributed by atoms with van der Waals surface area (Å²) in [6.07, 6.45) is 0.777. The van der Waals surface area contributed by atoms with E-state index >= 15 is 0 Å². The van der Waals surface area contributed by atoms with Crippen LogP contribution in [0.15, 0.2) is 0 Å². The molecular formula is C12H20F2. The van der Waals surface area contributed by atoms with Crippen LogP contribution in [0.5, 0.6) is 0 Å². The van der Waals surface area contributed by atoms with E-state index in [4.69, 9.17) is 0 Å². The summed E-state index contributed by atoms with van der Waals surface area (Å²) >= 11 is 0. The van der Waals surface area contributed by atoms with E-state index in [2.05, 4.69) is 13.8 Å². The summed E-state index contributed by atoms with van der Waals surface area (Å²) in [5, 5.41) is 0. The third kappa shape index (κ3) is 1.22. The van der Waals surface area contributed by atoms with Crippen molar-refractivity contribution in [2.75, 3.05) is 0 Å². The lowest BCUT2D eigenvalue weighted by Crippen LogP contribution is -2.36. The molecule has 2 rings (SSSR count). The maximum absolute atomic E-state index is 13.9. The first-order chi connectivity index (χ1) is 6.37. The molecule has 14 heavy (non-hydrogen) atoms. The molecule has 0 spiro atoms. The van der Waals surface area contributed by atoms with Crippen LogP contribution in [0.2, 0.25) is 0 Å². The predicted octanol–water partition coefficient (Wildman–Crippen LogP) is 3.82. The number of hydrogen-bond donors (Lipinski definition) is 0. The lowest BCUT2D eigenvalue weighted by atomic mass is 9.75. The molecule has 0 aromatic carbocycles. The van der Waals surface area contributed by atoms with E-state index in [9.17, 15) is 8.78 Å². The lowest BCUT2D eigenvalue weighted by molar-refractivity contribution is -0.0925. The van der Waals surface area contributed by atoms with Gasteiger partial charge in [-0.1, -0.05) is 27.7 Å². The molecule has 2 heteroatoms. The summed E-state index contributed by atoms with van der Waals surface area (Å²) in [6.45, 7) is 8.07. The third-order valence-electron chi connectivity index (χ3n) is 4.18. The fourth-order valence-electron chi connectivity index (χ4n) is 3.65. The number of fused-ring (bicyclic) bond motifs is 1. The molecule has 0 amide bonds. The van der Waals surface area contributed by atoms with Crippen LogP contribution in [0.3, 0.4) is 0 Å². The van der Waals surface area contributed by atoms with E-state index in [0.717, 1.165) is 6.42 Å². The molecule has 0 N–H and O–H groups in total. The molecule has 0 aromatic rings. The van der Waals surface area contributed by atoms with E-state index in [0.29, 0.717) is 11.8 Å². The minimum atomic E-state index is -2.38. The number of alkyl halides is 2. The molecule has 4 atom stereocenters. The van der Waals surface area contributed by atoms with Crippen molar-refractivity contribution in [3.05, 3.63) is 0 Å². The Hall–Kier alpha value is -0.140. The summed E-state index contributed by atoms with van der Waals surface area (Å²) < 4.78 is 27.8. The van der Waals surface area contributed by atoms with Crippen molar-refractivity contribution in [3.63, 3.8) is 0 Å². The monoisotopic (exact) mass is 202 g/mol. The molecule has 82 valence electrons. The summed E-state index contributed by atoms with van der Waals surface area (Å²) in [7, 11) is 0. The molecule has 2 saturated carbocycles. The van der Waals surface area contributed by atoms with Crippen molar-refractivity contribution in [1.82, 2.24) is 0 Å². The van der Waals surface area contributed by atoms with Crippen molar-refractivity contribution in [1.29, 1.82) is 0 Å². The molecular weight excluding hydrogens is 182 g/mol.